The van der Waals surface area contributed by atoms with Gasteiger partial charge < -0.3 is 10.1 Å². The zero-order valence-electron chi connectivity index (χ0n) is 14.8. The number of nitrogens with zero attached hydrogens (tertiary/aromatic N) is 4. The maximum atomic E-state index is 12.2. The molecule has 134 valence electrons. The molecule has 0 aliphatic rings. The summed E-state index contributed by atoms with van der Waals surface area (Å²) in [5, 5.41) is 6.78. The maximum absolute atomic E-state index is 12.2. The van der Waals surface area contributed by atoms with Crippen molar-refractivity contribution in [1.82, 2.24) is 19.6 Å². The Labute approximate surface area is 150 Å². The summed E-state index contributed by atoms with van der Waals surface area (Å²) < 4.78 is 6.61. The number of ether oxygens (including phenoxy) is 1. The molecule has 0 radical (unpaired) electrons. The highest BCUT2D eigenvalue weighted by Gasteiger charge is 2.22. The quantitative estimate of drug-likeness (QED) is 0.706. The van der Waals surface area contributed by atoms with Crippen LogP contribution in [0.5, 0.6) is 0 Å². The van der Waals surface area contributed by atoms with Crippen LogP contribution < -0.4 is 5.32 Å². The van der Waals surface area contributed by atoms with Crippen LogP contribution in [0.2, 0.25) is 0 Å². The number of aryl methyl sites for hydroxylation is 2. The van der Waals surface area contributed by atoms with Gasteiger partial charge >= 0.3 is 5.97 Å². The predicted molar refractivity (Wildman–Crippen MR) is 94.8 cm³/mol. The van der Waals surface area contributed by atoms with Gasteiger partial charge in [0.25, 0.3) is 17.5 Å². The van der Waals surface area contributed by atoms with Crippen LogP contribution in [0.4, 0.5) is 5.69 Å². The van der Waals surface area contributed by atoms with E-state index in [-0.39, 0.29) is 5.82 Å². The van der Waals surface area contributed by atoms with Crippen LogP contribution in [0.3, 0.4) is 0 Å². The largest absolute Gasteiger partial charge is 0.447 e. The lowest BCUT2D eigenvalue weighted by Crippen LogP contribution is -2.30. The Balaban J connectivity index is 1.65. The molecular weight excluding hydrogens is 334 g/mol. The Kier molecular flexibility index (Phi) is 4.92. The van der Waals surface area contributed by atoms with Gasteiger partial charge in [0.15, 0.2) is 6.10 Å². The lowest BCUT2D eigenvalue weighted by molar-refractivity contribution is -0.123. The standard InChI is InChI=1S/C18H19N5O3/c1-4-13-5-7-14(8-6-13)20-16(24)12(3)26-17(25)15-21-18-19-10-9-11(2)23(18)22-15/h5-10,12H,4H2,1-3H3,(H,20,24). The summed E-state index contributed by atoms with van der Waals surface area (Å²) in [5.74, 6) is -1.05. The molecule has 1 N–H and O–H groups in total. The summed E-state index contributed by atoms with van der Waals surface area (Å²) in [4.78, 5) is 32.5. The van der Waals surface area contributed by atoms with Gasteiger partial charge in [-0.1, -0.05) is 19.1 Å². The molecule has 3 aromatic rings. The van der Waals surface area contributed by atoms with Crippen molar-refractivity contribution in [3.8, 4) is 0 Å². The van der Waals surface area contributed by atoms with E-state index in [1.165, 1.54) is 17.0 Å². The molecule has 0 aliphatic heterocycles. The second-order valence-corrected chi connectivity index (χ2v) is 5.82. The van der Waals surface area contributed by atoms with Gasteiger partial charge in [-0.3, -0.25) is 4.79 Å². The van der Waals surface area contributed by atoms with E-state index in [2.05, 4.69) is 27.3 Å². The molecule has 1 atom stereocenters. The SMILES string of the molecule is CCc1ccc(NC(=O)C(C)OC(=O)c2nc3nccc(C)n3n2)cc1. The van der Waals surface area contributed by atoms with E-state index in [1.54, 1.807) is 12.3 Å². The van der Waals surface area contributed by atoms with Crippen molar-refractivity contribution in [2.45, 2.75) is 33.3 Å². The van der Waals surface area contributed by atoms with Crippen molar-refractivity contribution in [1.29, 1.82) is 0 Å². The first kappa shape index (κ1) is 17.5. The summed E-state index contributed by atoms with van der Waals surface area (Å²) in [6.45, 7) is 5.37. The fourth-order valence-electron chi connectivity index (χ4n) is 2.33. The van der Waals surface area contributed by atoms with Gasteiger partial charge in [-0.05, 0) is 44.0 Å². The van der Waals surface area contributed by atoms with Crippen LogP contribution in [0.25, 0.3) is 5.78 Å². The Hall–Kier alpha value is -3.29. The highest BCUT2D eigenvalue weighted by molar-refractivity contribution is 5.96. The number of rotatable bonds is 5. The Bertz CT molecular complexity index is 949. The first-order valence-electron chi connectivity index (χ1n) is 8.27. The average Bonchev–Trinajstić information content (AvgIpc) is 3.08. The number of aromatic nitrogens is 4. The third kappa shape index (κ3) is 3.69. The van der Waals surface area contributed by atoms with Crippen LogP contribution in [-0.2, 0) is 16.0 Å². The number of anilines is 1. The molecular formula is C18H19N5O3. The molecule has 1 amide bonds. The van der Waals surface area contributed by atoms with E-state index in [0.29, 0.717) is 11.5 Å². The summed E-state index contributed by atoms with van der Waals surface area (Å²) in [5.41, 5.74) is 2.59. The number of carbonyl (C=O) groups is 2. The van der Waals surface area contributed by atoms with Gasteiger partial charge in [-0.25, -0.2) is 14.3 Å². The van der Waals surface area contributed by atoms with Gasteiger partial charge in [0.1, 0.15) is 0 Å². The van der Waals surface area contributed by atoms with E-state index < -0.39 is 18.0 Å². The molecule has 1 aromatic carbocycles. The van der Waals surface area contributed by atoms with Crippen molar-refractivity contribution in [3.05, 3.63) is 53.6 Å². The molecule has 8 nitrogen and oxygen atoms in total. The van der Waals surface area contributed by atoms with Gasteiger partial charge in [-0.15, -0.1) is 5.10 Å². The summed E-state index contributed by atoms with van der Waals surface area (Å²) in [7, 11) is 0. The smallest absolute Gasteiger partial charge is 0.379 e. The van der Waals surface area contributed by atoms with Crippen molar-refractivity contribution in [3.63, 3.8) is 0 Å². The molecule has 2 heterocycles. The lowest BCUT2D eigenvalue weighted by atomic mass is 10.1. The minimum absolute atomic E-state index is 0.140. The molecule has 2 aromatic heterocycles. The monoisotopic (exact) mass is 353 g/mol. The average molecular weight is 353 g/mol. The molecule has 0 fully saturated rings. The molecule has 1 unspecified atom stereocenters. The zero-order chi connectivity index (χ0) is 18.7. The third-order valence-corrected chi connectivity index (χ3v) is 3.90. The van der Waals surface area contributed by atoms with Gasteiger partial charge in [-0.2, -0.15) is 4.98 Å². The Morgan fingerprint density at radius 1 is 1.23 bits per heavy atom. The van der Waals surface area contributed by atoms with Crippen LogP contribution in [-0.4, -0.2) is 37.6 Å². The number of benzene rings is 1. The van der Waals surface area contributed by atoms with Gasteiger partial charge in [0.05, 0.1) is 0 Å². The number of fused-ring (bicyclic) bond motifs is 1. The van der Waals surface area contributed by atoms with Crippen LogP contribution in [0.15, 0.2) is 36.5 Å². The molecule has 0 saturated carbocycles. The third-order valence-electron chi connectivity index (χ3n) is 3.90. The first-order valence-corrected chi connectivity index (χ1v) is 8.27. The molecule has 0 saturated heterocycles. The highest BCUT2D eigenvalue weighted by atomic mass is 16.5. The van der Waals surface area contributed by atoms with Crippen LogP contribution in [0, 0.1) is 6.92 Å². The number of nitrogens with one attached hydrogen (secondary N) is 1. The number of esters is 1. The summed E-state index contributed by atoms with van der Waals surface area (Å²) >= 11 is 0. The second kappa shape index (κ2) is 7.30. The lowest BCUT2D eigenvalue weighted by Gasteiger charge is -2.12. The topological polar surface area (TPSA) is 98.5 Å². The van der Waals surface area contributed by atoms with Gasteiger partial charge in [0.2, 0.25) is 0 Å². The Morgan fingerprint density at radius 2 is 1.96 bits per heavy atom. The maximum Gasteiger partial charge on any atom is 0.379 e. The fraction of sp³-hybridized carbons (Fsp3) is 0.278. The Morgan fingerprint density at radius 3 is 2.62 bits per heavy atom. The minimum Gasteiger partial charge on any atom is -0.447 e. The van der Waals surface area contributed by atoms with E-state index in [1.807, 2.05) is 31.2 Å². The molecule has 0 spiro atoms. The summed E-state index contributed by atoms with van der Waals surface area (Å²) in [6.07, 6.45) is 1.51. The predicted octanol–water partition coefficient (Wildman–Crippen LogP) is 2.18. The van der Waals surface area contributed by atoms with E-state index in [9.17, 15) is 9.59 Å². The zero-order valence-corrected chi connectivity index (χ0v) is 14.8. The molecule has 0 aliphatic carbocycles. The van der Waals surface area contributed by atoms with Crippen molar-refractivity contribution >= 4 is 23.3 Å². The molecule has 26 heavy (non-hydrogen) atoms. The highest BCUT2D eigenvalue weighted by Crippen LogP contribution is 2.11. The summed E-state index contributed by atoms with van der Waals surface area (Å²) in [6, 6.07) is 9.23. The van der Waals surface area contributed by atoms with E-state index in [0.717, 1.165) is 12.1 Å². The number of amides is 1. The normalized spacial score (nSPS) is 12.0. The fourth-order valence-corrected chi connectivity index (χ4v) is 2.33. The first-order chi connectivity index (χ1) is 12.5. The number of hydrogen-bond donors (Lipinski definition) is 1. The number of hydrogen-bond acceptors (Lipinski definition) is 6. The molecule has 8 heteroatoms. The molecule has 0 bridgehead atoms. The van der Waals surface area contributed by atoms with E-state index in [4.69, 9.17) is 4.74 Å². The van der Waals surface area contributed by atoms with Crippen molar-refractivity contribution in [2.75, 3.05) is 5.32 Å². The number of carbonyl (C=O) groups excluding carboxylic acids is 2. The van der Waals surface area contributed by atoms with Crippen LogP contribution in [0.1, 0.15) is 35.7 Å². The molecule has 3 rings (SSSR count). The van der Waals surface area contributed by atoms with Gasteiger partial charge in [0, 0.05) is 17.6 Å². The van der Waals surface area contributed by atoms with E-state index >= 15 is 0 Å². The van der Waals surface area contributed by atoms with Crippen molar-refractivity contribution < 1.29 is 14.3 Å². The van der Waals surface area contributed by atoms with Crippen LogP contribution >= 0.6 is 0 Å². The van der Waals surface area contributed by atoms with Crippen molar-refractivity contribution in [2.24, 2.45) is 0 Å². The second-order valence-electron chi connectivity index (χ2n) is 5.82. The minimum atomic E-state index is -0.992.